The fourth-order valence-electron chi connectivity index (χ4n) is 2.13. The molecule has 0 aromatic heterocycles. The minimum atomic E-state index is 0.194. The normalized spacial score (nSPS) is 14.2. The summed E-state index contributed by atoms with van der Waals surface area (Å²) < 4.78 is 5.52. The van der Waals surface area contributed by atoms with E-state index in [1.165, 1.54) is 0 Å². The average Bonchev–Trinajstić information content (AvgIpc) is 1.97. The molecule has 0 aromatic carbocycles. The summed E-state index contributed by atoms with van der Waals surface area (Å²) >= 11 is 0. The Balaban J connectivity index is 4.43. The smallest absolute Gasteiger partial charge is 0.0999 e. The van der Waals surface area contributed by atoms with Crippen LogP contribution >= 0.6 is 0 Å². The van der Waals surface area contributed by atoms with Crippen LogP contribution in [0.1, 0.15) is 34.6 Å². The van der Waals surface area contributed by atoms with Gasteiger partial charge in [-0.3, -0.25) is 0 Å². The van der Waals surface area contributed by atoms with Gasteiger partial charge in [-0.2, -0.15) is 0 Å². The first kappa shape index (κ1) is 13.5. The summed E-state index contributed by atoms with van der Waals surface area (Å²) in [6.07, 6.45) is 0. The topological polar surface area (TPSA) is 35.2 Å². The minimum Gasteiger partial charge on any atom is -0.497 e. The van der Waals surface area contributed by atoms with Crippen LogP contribution in [0.25, 0.3) is 0 Å². The van der Waals surface area contributed by atoms with E-state index in [4.69, 9.17) is 10.5 Å². The highest BCUT2D eigenvalue weighted by atomic mass is 16.5. The summed E-state index contributed by atoms with van der Waals surface area (Å²) in [6.45, 7) is 16.2. The standard InChI is InChI=1S/C12H25NO/c1-9(2)11(12(4,5)6)10(3)14-8-7-13/h9,11H,3,7-8,13H2,1-2,4-6H3. The molecule has 0 spiro atoms. The van der Waals surface area contributed by atoms with Crippen LogP contribution in [-0.4, -0.2) is 13.2 Å². The van der Waals surface area contributed by atoms with Crippen molar-refractivity contribution in [1.82, 2.24) is 0 Å². The van der Waals surface area contributed by atoms with Crippen LogP contribution in [0.3, 0.4) is 0 Å². The lowest BCUT2D eigenvalue weighted by Crippen LogP contribution is -2.28. The molecule has 1 unspecified atom stereocenters. The molecule has 0 heterocycles. The maximum Gasteiger partial charge on any atom is 0.0999 e. The molecule has 14 heavy (non-hydrogen) atoms. The molecule has 0 bridgehead atoms. The molecular weight excluding hydrogens is 174 g/mol. The van der Waals surface area contributed by atoms with Crippen LogP contribution in [0.4, 0.5) is 0 Å². The first-order valence-electron chi connectivity index (χ1n) is 5.32. The Labute approximate surface area is 88.5 Å². The number of hydrogen-bond donors (Lipinski definition) is 1. The van der Waals surface area contributed by atoms with Crippen molar-refractivity contribution in [3.05, 3.63) is 12.3 Å². The summed E-state index contributed by atoms with van der Waals surface area (Å²) in [4.78, 5) is 0. The molecule has 2 nitrogen and oxygen atoms in total. The second kappa shape index (κ2) is 5.40. The van der Waals surface area contributed by atoms with Crippen molar-refractivity contribution < 1.29 is 4.74 Å². The van der Waals surface area contributed by atoms with Gasteiger partial charge in [0.05, 0.1) is 12.4 Å². The number of allylic oxidation sites excluding steroid dienone is 1. The van der Waals surface area contributed by atoms with Gasteiger partial charge in [0, 0.05) is 12.5 Å². The van der Waals surface area contributed by atoms with E-state index in [2.05, 4.69) is 41.2 Å². The predicted molar refractivity (Wildman–Crippen MR) is 61.9 cm³/mol. The van der Waals surface area contributed by atoms with E-state index in [0.29, 0.717) is 25.0 Å². The van der Waals surface area contributed by atoms with Crippen molar-refractivity contribution >= 4 is 0 Å². The second-order valence-corrected chi connectivity index (χ2v) is 5.19. The molecule has 0 amide bonds. The Kier molecular flexibility index (Phi) is 5.21. The Morgan fingerprint density at radius 3 is 2.14 bits per heavy atom. The monoisotopic (exact) mass is 199 g/mol. The molecule has 1 atom stereocenters. The van der Waals surface area contributed by atoms with Gasteiger partial charge in [-0.15, -0.1) is 0 Å². The Morgan fingerprint density at radius 1 is 1.36 bits per heavy atom. The summed E-state index contributed by atoms with van der Waals surface area (Å²) in [7, 11) is 0. The third-order valence-corrected chi connectivity index (χ3v) is 2.35. The second-order valence-electron chi connectivity index (χ2n) is 5.19. The zero-order valence-corrected chi connectivity index (χ0v) is 10.3. The van der Waals surface area contributed by atoms with E-state index in [-0.39, 0.29) is 5.41 Å². The van der Waals surface area contributed by atoms with Gasteiger partial charge in [0.15, 0.2) is 0 Å². The van der Waals surface area contributed by atoms with Crippen LogP contribution in [0.2, 0.25) is 0 Å². The van der Waals surface area contributed by atoms with Gasteiger partial charge >= 0.3 is 0 Å². The Morgan fingerprint density at radius 2 is 1.86 bits per heavy atom. The summed E-state index contributed by atoms with van der Waals surface area (Å²) in [5, 5.41) is 0. The first-order valence-corrected chi connectivity index (χ1v) is 5.32. The molecular formula is C12H25NO. The van der Waals surface area contributed by atoms with Crippen molar-refractivity contribution in [3.8, 4) is 0 Å². The number of hydrogen-bond acceptors (Lipinski definition) is 2. The van der Waals surface area contributed by atoms with E-state index in [0.717, 1.165) is 5.76 Å². The van der Waals surface area contributed by atoms with Crippen LogP contribution < -0.4 is 5.73 Å². The van der Waals surface area contributed by atoms with Crippen molar-refractivity contribution in [2.45, 2.75) is 34.6 Å². The highest BCUT2D eigenvalue weighted by Crippen LogP contribution is 2.37. The lowest BCUT2D eigenvalue weighted by molar-refractivity contribution is 0.105. The molecule has 84 valence electrons. The van der Waals surface area contributed by atoms with Crippen LogP contribution in [-0.2, 0) is 4.74 Å². The number of ether oxygens (including phenoxy) is 1. The van der Waals surface area contributed by atoms with E-state index < -0.39 is 0 Å². The van der Waals surface area contributed by atoms with E-state index in [1.54, 1.807) is 0 Å². The fraction of sp³-hybridized carbons (Fsp3) is 0.833. The van der Waals surface area contributed by atoms with E-state index >= 15 is 0 Å². The Hall–Kier alpha value is -0.500. The van der Waals surface area contributed by atoms with Crippen LogP contribution in [0.15, 0.2) is 12.3 Å². The molecule has 0 rings (SSSR count). The molecule has 2 heteroatoms. The Bertz CT molecular complexity index is 179. The summed E-state index contributed by atoms with van der Waals surface area (Å²) in [5.74, 6) is 1.80. The molecule has 0 saturated heterocycles. The maximum absolute atomic E-state index is 5.52. The minimum absolute atomic E-state index is 0.194. The van der Waals surface area contributed by atoms with Crippen LogP contribution in [0, 0.1) is 17.3 Å². The lowest BCUT2D eigenvalue weighted by atomic mass is 9.73. The third-order valence-electron chi connectivity index (χ3n) is 2.35. The third kappa shape index (κ3) is 4.14. The molecule has 0 aliphatic rings. The lowest BCUT2D eigenvalue weighted by Gasteiger charge is -2.35. The van der Waals surface area contributed by atoms with Gasteiger partial charge in [0.2, 0.25) is 0 Å². The fourth-order valence-corrected chi connectivity index (χ4v) is 2.13. The maximum atomic E-state index is 5.52. The highest BCUT2D eigenvalue weighted by molar-refractivity contribution is 4.98. The first-order chi connectivity index (χ1) is 6.30. The molecule has 0 saturated carbocycles. The number of nitrogens with two attached hydrogens (primary N) is 1. The molecule has 0 aliphatic carbocycles. The molecule has 0 aromatic rings. The zero-order chi connectivity index (χ0) is 11.4. The summed E-state index contributed by atoms with van der Waals surface area (Å²) in [5.41, 5.74) is 5.59. The average molecular weight is 199 g/mol. The molecule has 0 aliphatic heterocycles. The predicted octanol–water partition coefficient (Wildman–Crippen LogP) is 2.79. The molecule has 0 radical (unpaired) electrons. The van der Waals surface area contributed by atoms with E-state index in [1.807, 2.05) is 0 Å². The van der Waals surface area contributed by atoms with Crippen molar-refractivity contribution in [2.75, 3.05) is 13.2 Å². The molecule has 0 fully saturated rings. The van der Waals surface area contributed by atoms with E-state index in [9.17, 15) is 0 Å². The zero-order valence-electron chi connectivity index (χ0n) is 10.3. The highest BCUT2D eigenvalue weighted by Gasteiger charge is 2.30. The molecule has 2 N–H and O–H groups in total. The van der Waals surface area contributed by atoms with Crippen molar-refractivity contribution in [1.29, 1.82) is 0 Å². The quantitative estimate of drug-likeness (QED) is 0.691. The van der Waals surface area contributed by atoms with Crippen molar-refractivity contribution in [3.63, 3.8) is 0 Å². The summed E-state index contributed by atoms with van der Waals surface area (Å²) in [6, 6.07) is 0. The van der Waals surface area contributed by atoms with Gasteiger partial charge in [-0.25, -0.2) is 0 Å². The van der Waals surface area contributed by atoms with Gasteiger partial charge in [-0.05, 0) is 11.3 Å². The van der Waals surface area contributed by atoms with Gasteiger partial charge < -0.3 is 10.5 Å². The van der Waals surface area contributed by atoms with Gasteiger partial charge in [0.25, 0.3) is 0 Å². The van der Waals surface area contributed by atoms with Crippen LogP contribution in [0.5, 0.6) is 0 Å². The van der Waals surface area contributed by atoms with Gasteiger partial charge in [0.1, 0.15) is 0 Å². The van der Waals surface area contributed by atoms with Gasteiger partial charge in [-0.1, -0.05) is 41.2 Å². The SMILES string of the molecule is C=C(OCCN)C(C(C)C)C(C)(C)C. The van der Waals surface area contributed by atoms with Crippen molar-refractivity contribution in [2.24, 2.45) is 23.0 Å². The number of rotatable bonds is 5. The largest absolute Gasteiger partial charge is 0.497 e.